The summed E-state index contributed by atoms with van der Waals surface area (Å²) >= 11 is 0. The summed E-state index contributed by atoms with van der Waals surface area (Å²) in [6.07, 6.45) is 5.94. The molecule has 0 bridgehead atoms. The zero-order valence-corrected chi connectivity index (χ0v) is 17.6. The van der Waals surface area contributed by atoms with Crippen molar-refractivity contribution < 1.29 is 19.1 Å². The van der Waals surface area contributed by atoms with E-state index in [9.17, 15) is 9.59 Å². The molecule has 3 rings (SSSR count). The van der Waals surface area contributed by atoms with E-state index in [2.05, 4.69) is 12.1 Å². The zero-order valence-electron chi connectivity index (χ0n) is 17.6. The van der Waals surface area contributed by atoms with Crippen molar-refractivity contribution in [2.75, 3.05) is 40.0 Å². The highest BCUT2D eigenvalue weighted by atomic mass is 16.5. The second kappa shape index (κ2) is 11.3. The van der Waals surface area contributed by atoms with Crippen molar-refractivity contribution in [3.05, 3.63) is 35.9 Å². The van der Waals surface area contributed by atoms with Crippen LogP contribution in [0.15, 0.2) is 30.3 Å². The molecular weight excluding hydrogens is 368 g/mol. The number of piperidine rings is 1. The summed E-state index contributed by atoms with van der Waals surface area (Å²) in [5.41, 5.74) is 1.27. The molecule has 160 valence electrons. The summed E-state index contributed by atoms with van der Waals surface area (Å²) in [4.78, 5) is 29.6. The third kappa shape index (κ3) is 6.28. The molecule has 0 spiro atoms. The summed E-state index contributed by atoms with van der Waals surface area (Å²) in [5, 5.41) is 0. The van der Waals surface area contributed by atoms with E-state index in [0.29, 0.717) is 26.2 Å². The third-order valence-corrected chi connectivity index (χ3v) is 5.98. The Morgan fingerprint density at radius 1 is 1.14 bits per heavy atom. The second-order valence-electron chi connectivity index (χ2n) is 8.05. The van der Waals surface area contributed by atoms with E-state index in [-0.39, 0.29) is 30.5 Å². The molecular formula is C23H34N2O4. The number of nitrogens with zero attached hydrogens (tertiary/aromatic N) is 2. The number of carbonyl (C=O) groups excluding carboxylic acids is 2. The maximum atomic E-state index is 12.8. The molecule has 6 nitrogen and oxygen atoms in total. The fourth-order valence-corrected chi connectivity index (χ4v) is 4.52. The van der Waals surface area contributed by atoms with Gasteiger partial charge in [-0.3, -0.25) is 9.59 Å². The molecule has 0 N–H and O–H groups in total. The van der Waals surface area contributed by atoms with E-state index in [1.807, 2.05) is 28.0 Å². The van der Waals surface area contributed by atoms with Crippen LogP contribution in [0.1, 0.15) is 44.1 Å². The third-order valence-electron chi connectivity index (χ3n) is 5.98. The average Bonchev–Trinajstić information content (AvgIpc) is 2.76. The van der Waals surface area contributed by atoms with Gasteiger partial charge in [-0.2, -0.15) is 0 Å². The van der Waals surface area contributed by atoms with Crippen LogP contribution in [-0.2, 0) is 25.5 Å². The Bertz CT molecular complexity index is 646. The molecule has 1 atom stereocenters. The first-order valence-electron chi connectivity index (χ1n) is 10.9. The van der Waals surface area contributed by atoms with Crippen LogP contribution in [0.25, 0.3) is 0 Å². The number of likely N-dealkylation sites (tertiary alicyclic amines) is 1. The van der Waals surface area contributed by atoms with E-state index in [1.165, 1.54) is 5.56 Å². The molecule has 1 aromatic carbocycles. The quantitative estimate of drug-likeness (QED) is 0.671. The van der Waals surface area contributed by atoms with Crippen molar-refractivity contribution in [3.8, 4) is 0 Å². The van der Waals surface area contributed by atoms with Crippen LogP contribution in [0, 0.1) is 0 Å². The second-order valence-corrected chi connectivity index (χ2v) is 8.05. The number of aryl methyl sites for hydroxylation is 1. The average molecular weight is 403 g/mol. The van der Waals surface area contributed by atoms with Crippen LogP contribution in [0.3, 0.4) is 0 Å². The van der Waals surface area contributed by atoms with Gasteiger partial charge in [0.1, 0.15) is 6.61 Å². The monoisotopic (exact) mass is 402 g/mol. The Morgan fingerprint density at radius 2 is 1.90 bits per heavy atom. The summed E-state index contributed by atoms with van der Waals surface area (Å²) in [7, 11) is 1.56. The van der Waals surface area contributed by atoms with Gasteiger partial charge in [0.15, 0.2) is 0 Å². The molecule has 1 aromatic rings. The standard InChI is InChI=1S/C23H34N2O4/c1-28-18-23(27)25(20-12-15-29-16-13-20)21-10-6-14-24(17-21)22(26)11-5-9-19-7-3-2-4-8-19/h2-4,7-8,20-21H,5-6,9-18H2,1H3. The molecule has 0 saturated carbocycles. The van der Waals surface area contributed by atoms with Crippen LogP contribution in [-0.4, -0.2) is 73.7 Å². The topological polar surface area (TPSA) is 59.1 Å². The van der Waals surface area contributed by atoms with Gasteiger partial charge in [0.25, 0.3) is 0 Å². The molecule has 2 fully saturated rings. The highest BCUT2D eigenvalue weighted by molar-refractivity contribution is 5.79. The minimum Gasteiger partial charge on any atom is -0.381 e. The fraction of sp³-hybridized carbons (Fsp3) is 0.652. The summed E-state index contributed by atoms with van der Waals surface area (Å²) in [6, 6.07) is 10.6. The van der Waals surface area contributed by atoms with Gasteiger partial charge in [-0.05, 0) is 44.1 Å². The number of rotatable bonds is 8. The summed E-state index contributed by atoms with van der Waals surface area (Å²) in [5.74, 6) is 0.236. The predicted molar refractivity (Wildman–Crippen MR) is 112 cm³/mol. The van der Waals surface area contributed by atoms with E-state index < -0.39 is 0 Å². The van der Waals surface area contributed by atoms with Gasteiger partial charge in [0, 0.05) is 51.9 Å². The zero-order chi connectivity index (χ0) is 20.5. The number of carbonyl (C=O) groups is 2. The fourth-order valence-electron chi connectivity index (χ4n) is 4.52. The minimum absolute atomic E-state index is 0.0303. The minimum atomic E-state index is 0.0303. The van der Waals surface area contributed by atoms with Crippen molar-refractivity contribution >= 4 is 11.8 Å². The molecule has 2 amide bonds. The summed E-state index contributed by atoms with van der Waals surface area (Å²) < 4.78 is 10.6. The van der Waals surface area contributed by atoms with Crippen molar-refractivity contribution in [1.82, 2.24) is 9.80 Å². The Balaban J connectivity index is 1.56. The Kier molecular flexibility index (Phi) is 8.50. The smallest absolute Gasteiger partial charge is 0.249 e. The predicted octanol–water partition coefficient (Wildman–Crippen LogP) is 2.65. The number of ether oxygens (including phenoxy) is 2. The number of benzene rings is 1. The lowest BCUT2D eigenvalue weighted by Gasteiger charge is -2.44. The largest absolute Gasteiger partial charge is 0.381 e. The first-order chi connectivity index (χ1) is 14.2. The van der Waals surface area contributed by atoms with Crippen molar-refractivity contribution in [2.24, 2.45) is 0 Å². The number of hydrogen-bond acceptors (Lipinski definition) is 4. The van der Waals surface area contributed by atoms with Crippen LogP contribution in [0.5, 0.6) is 0 Å². The van der Waals surface area contributed by atoms with Crippen molar-refractivity contribution in [2.45, 2.75) is 57.0 Å². The normalized spacial score (nSPS) is 20.4. The van der Waals surface area contributed by atoms with E-state index in [4.69, 9.17) is 9.47 Å². The molecule has 2 aliphatic rings. The molecule has 2 heterocycles. The molecule has 2 saturated heterocycles. The van der Waals surface area contributed by atoms with Gasteiger partial charge in [-0.1, -0.05) is 30.3 Å². The lowest BCUT2D eigenvalue weighted by atomic mass is 9.98. The molecule has 6 heteroatoms. The van der Waals surface area contributed by atoms with Crippen molar-refractivity contribution in [3.63, 3.8) is 0 Å². The van der Waals surface area contributed by atoms with Crippen LogP contribution >= 0.6 is 0 Å². The van der Waals surface area contributed by atoms with Crippen LogP contribution < -0.4 is 0 Å². The Hall–Kier alpha value is -1.92. The molecule has 0 radical (unpaired) electrons. The van der Waals surface area contributed by atoms with E-state index in [1.54, 1.807) is 7.11 Å². The first kappa shape index (κ1) is 21.8. The Labute approximate surface area is 174 Å². The van der Waals surface area contributed by atoms with Gasteiger partial charge in [0.2, 0.25) is 11.8 Å². The Morgan fingerprint density at radius 3 is 2.62 bits per heavy atom. The van der Waals surface area contributed by atoms with Crippen molar-refractivity contribution in [1.29, 1.82) is 0 Å². The molecule has 1 unspecified atom stereocenters. The van der Waals surface area contributed by atoms with Gasteiger partial charge in [-0.15, -0.1) is 0 Å². The first-order valence-corrected chi connectivity index (χ1v) is 10.9. The number of methoxy groups -OCH3 is 1. The SMILES string of the molecule is COCC(=O)N(C1CCOCC1)C1CCCN(C(=O)CCCc2ccccc2)C1. The van der Waals surface area contributed by atoms with Gasteiger partial charge >= 0.3 is 0 Å². The molecule has 0 aliphatic carbocycles. The maximum absolute atomic E-state index is 12.8. The van der Waals surface area contributed by atoms with Crippen LogP contribution in [0.2, 0.25) is 0 Å². The van der Waals surface area contributed by atoms with Gasteiger partial charge in [0.05, 0.1) is 0 Å². The maximum Gasteiger partial charge on any atom is 0.249 e. The number of amides is 2. The highest BCUT2D eigenvalue weighted by Gasteiger charge is 2.35. The van der Waals surface area contributed by atoms with Gasteiger partial charge < -0.3 is 19.3 Å². The van der Waals surface area contributed by atoms with Crippen LogP contribution in [0.4, 0.5) is 0 Å². The summed E-state index contributed by atoms with van der Waals surface area (Å²) in [6.45, 7) is 2.91. The van der Waals surface area contributed by atoms with E-state index >= 15 is 0 Å². The molecule has 0 aromatic heterocycles. The molecule has 2 aliphatic heterocycles. The van der Waals surface area contributed by atoms with Gasteiger partial charge in [-0.25, -0.2) is 0 Å². The number of hydrogen-bond donors (Lipinski definition) is 0. The lowest BCUT2D eigenvalue weighted by molar-refractivity contribution is -0.147. The highest BCUT2D eigenvalue weighted by Crippen LogP contribution is 2.24. The van der Waals surface area contributed by atoms with E-state index in [0.717, 1.165) is 45.1 Å². The molecule has 29 heavy (non-hydrogen) atoms. The lowest BCUT2D eigenvalue weighted by Crippen LogP contribution is -2.56.